The molecule has 0 radical (unpaired) electrons. The van der Waals surface area contributed by atoms with Crippen LogP contribution in [0.4, 0.5) is 0 Å². The molecule has 69 heavy (non-hydrogen) atoms. The Bertz CT molecular complexity index is 3880. The molecule has 0 N–H and O–H groups in total. The van der Waals surface area contributed by atoms with E-state index in [1.807, 2.05) is 46.9 Å². The normalized spacial score (nSPS) is 11.4. The van der Waals surface area contributed by atoms with Gasteiger partial charge in [0.05, 0.1) is 11.0 Å². The molecular formula is C61H38IrN7. The Labute approximate surface area is 412 Å². The van der Waals surface area contributed by atoms with Gasteiger partial charge in [-0.2, -0.15) is 46.6 Å². The molecular weight excluding hydrogens is 1020 g/mol. The third-order valence-corrected chi connectivity index (χ3v) is 12.9. The molecule has 0 atom stereocenters. The average molecular weight is 1060 g/mol. The summed E-state index contributed by atoms with van der Waals surface area (Å²) >= 11 is 0. The van der Waals surface area contributed by atoms with Gasteiger partial charge in [-0.15, -0.1) is 46.8 Å². The summed E-state index contributed by atoms with van der Waals surface area (Å²) in [5, 5.41) is 10.8. The Morgan fingerprint density at radius 3 is 1.42 bits per heavy atom. The molecule has 0 fully saturated rings. The predicted molar refractivity (Wildman–Crippen MR) is 274 cm³/mol. The molecule has 8 heteroatoms. The van der Waals surface area contributed by atoms with Crippen LogP contribution < -0.4 is 0 Å². The van der Waals surface area contributed by atoms with E-state index in [1.54, 1.807) is 12.4 Å². The summed E-state index contributed by atoms with van der Waals surface area (Å²) in [7, 11) is 0. The summed E-state index contributed by atoms with van der Waals surface area (Å²) < 4.78 is 5.93. The molecule has 5 aromatic heterocycles. The largest absolute Gasteiger partial charge is 3.00 e. The van der Waals surface area contributed by atoms with Crippen LogP contribution in [0.1, 0.15) is 5.69 Å². The summed E-state index contributed by atoms with van der Waals surface area (Å²) in [6, 6.07) is 77.1. The van der Waals surface area contributed by atoms with Crippen molar-refractivity contribution in [2.24, 2.45) is 0 Å². The summed E-state index contributed by atoms with van der Waals surface area (Å²) in [6.45, 7) is 2.04. The molecule has 13 aromatic rings. The van der Waals surface area contributed by atoms with E-state index >= 15 is 0 Å². The first kappa shape index (κ1) is 41.8. The first-order valence-electron chi connectivity index (χ1n) is 22.6. The molecule has 8 aromatic carbocycles. The number of hydrogen-bond donors (Lipinski definition) is 0. The molecule has 0 saturated carbocycles. The number of fused-ring (bicyclic) bond motifs is 8. The topological polar surface area (TPSA) is 65.8 Å². The van der Waals surface area contributed by atoms with Crippen LogP contribution in [0.3, 0.4) is 0 Å². The summed E-state index contributed by atoms with van der Waals surface area (Å²) in [5.41, 5.74) is 20.6. The van der Waals surface area contributed by atoms with Crippen molar-refractivity contribution in [1.82, 2.24) is 33.9 Å². The molecule has 0 aliphatic carbocycles. The minimum Gasteiger partial charge on any atom is -0.335 e. The van der Waals surface area contributed by atoms with E-state index in [9.17, 15) is 0 Å². The van der Waals surface area contributed by atoms with E-state index in [4.69, 9.17) is 9.97 Å². The number of hydrogen-bond acceptors (Lipinski definition) is 4. The number of aromatic nitrogens is 7. The number of imidazole rings is 1. The molecule has 0 spiro atoms. The Morgan fingerprint density at radius 2 is 0.913 bits per heavy atom. The number of benzene rings is 8. The zero-order valence-corrected chi connectivity index (χ0v) is 39.6. The molecule has 0 aliphatic rings. The molecule has 326 valence electrons. The molecule has 13 rings (SSSR count). The Hall–Kier alpha value is -8.55. The van der Waals surface area contributed by atoms with Gasteiger partial charge >= 0.3 is 20.1 Å². The van der Waals surface area contributed by atoms with Gasteiger partial charge in [0.25, 0.3) is 0 Å². The molecule has 7 nitrogen and oxygen atoms in total. The van der Waals surface area contributed by atoms with Crippen molar-refractivity contribution in [2.45, 2.75) is 6.92 Å². The number of para-hydroxylation sites is 2. The van der Waals surface area contributed by atoms with Crippen molar-refractivity contribution < 1.29 is 20.1 Å². The predicted octanol–water partition coefficient (Wildman–Crippen LogP) is 14.3. The van der Waals surface area contributed by atoms with Gasteiger partial charge in [0, 0.05) is 41.4 Å². The van der Waals surface area contributed by atoms with Gasteiger partial charge in [0.15, 0.2) is 0 Å². The van der Waals surface area contributed by atoms with Crippen LogP contribution in [0.2, 0.25) is 0 Å². The maximum Gasteiger partial charge on any atom is 3.00 e. The van der Waals surface area contributed by atoms with Crippen molar-refractivity contribution in [2.75, 3.05) is 0 Å². The molecule has 0 bridgehead atoms. The summed E-state index contributed by atoms with van der Waals surface area (Å²) in [4.78, 5) is 10.2. The summed E-state index contributed by atoms with van der Waals surface area (Å²) in [5.74, 6) is 0. The van der Waals surface area contributed by atoms with Crippen molar-refractivity contribution in [3.63, 3.8) is 0 Å². The maximum atomic E-state index is 5.15. The maximum absolute atomic E-state index is 5.15. The van der Waals surface area contributed by atoms with Gasteiger partial charge in [0.1, 0.15) is 5.65 Å². The van der Waals surface area contributed by atoms with E-state index < -0.39 is 0 Å². The first-order chi connectivity index (χ1) is 33.6. The van der Waals surface area contributed by atoms with Crippen molar-refractivity contribution in [3.05, 3.63) is 237 Å². The standard InChI is InChI=1S/C61H38N7.Ir/c1-40-20-30-56-60(64-40)55-31-25-43(39-59(55)68-58-19-9-8-18-57(58)65-61(56)68)51-14-4-7-17-54(51)46-37-44(52-15-5-2-12-49(52)41-21-26-47(27-22-41)66-34-10-32-62-66)36-45(38-46)53-16-6-3-13-50(53)42-23-28-48(29-24-42)67-35-11-33-63-67;/h2-26,28,30,32-39H,1H3;/q-3;+3. The number of nitrogens with zero attached hydrogens (tertiary/aromatic N) is 7. The van der Waals surface area contributed by atoms with Crippen LogP contribution >= 0.6 is 0 Å². The average Bonchev–Trinajstić information content (AvgIpc) is 4.22. The first-order valence-corrected chi connectivity index (χ1v) is 22.6. The monoisotopic (exact) mass is 1060 g/mol. The Morgan fingerprint density at radius 1 is 0.420 bits per heavy atom. The molecule has 0 aliphatic heterocycles. The minimum absolute atomic E-state index is 0. The van der Waals surface area contributed by atoms with E-state index in [1.165, 1.54) is 0 Å². The SMILES string of the molecule is Cc1ccc2c(n1)c1[c-]cc(-c3ccccc3-c3cc(-c4ccccc4-c4c[c-]c(-n5cccn5)cc4)cc(-c4ccccc4-c4c[c-]c(-n5cccn5)cc4)c3)cc1n1c3ccccc3nc21.[Ir+3]. The van der Waals surface area contributed by atoms with Crippen LogP contribution in [-0.2, 0) is 20.1 Å². The van der Waals surface area contributed by atoms with Crippen LogP contribution in [-0.4, -0.2) is 33.9 Å². The van der Waals surface area contributed by atoms with Crippen LogP contribution in [0, 0.1) is 25.1 Å². The van der Waals surface area contributed by atoms with E-state index in [-0.39, 0.29) is 20.1 Å². The van der Waals surface area contributed by atoms with E-state index in [0.29, 0.717) is 0 Å². The third kappa shape index (κ3) is 7.34. The van der Waals surface area contributed by atoms with E-state index in [2.05, 4.69) is 203 Å². The second-order valence-electron chi connectivity index (χ2n) is 17.0. The van der Waals surface area contributed by atoms with E-state index in [0.717, 1.165) is 122 Å². The summed E-state index contributed by atoms with van der Waals surface area (Å²) in [6.07, 6.45) is 7.43. The zero-order chi connectivity index (χ0) is 45.1. The molecule has 0 saturated heterocycles. The molecule has 0 unspecified atom stereocenters. The molecule has 0 amide bonds. The van der Waals surface area contributed by atoms with Crippen molar-refractivity contribution >= 4 is 38.5 Å². The smallest absolute Gasteiger partial charge is 0.335 e. The third-order valence-electron chi connectivity index (χ3n) is 12.9. The van der Waals surface area contributed by atoms with Gasteiger partial charge in [-0.1, -0.05) is 113 Å². The van der Waals surface area contributed by atoms with Gasteiger partial charge < -0.3 is 9.38 Å². The van der Waals surface area contributed by atoms with Crippen LogP contribution in [0.5, 0.6) is 0 Å². The second kappa shape index (κ2) is 17.3. The quantitative estimate of drug-likeness (QED) is 0.112. The molecule has 5 heterocycles. The van der Waals surface area contributed by atoms with Gasteiger partial charge in [-0.05, 0) is 106 Å². The Balaban J connectivity index is 0.00000492. The van der Waals surface area contributed by atoms with Gasteiger partial charge in [0.2, 0.25) is 0 Å². The fourth-order valence-electron chi connectivity index (χ4n) is 9.71. The van der Waals surface area contributed by atoms with Crippen LogP contribution in [0.15, 0.2) is 213 Å². The fourth-order valence-corrected chi connectivity index (χ4v) is 9.71. The number of aryl methyl sites for hydroxylation is 1. The number of pyridine rings is 2. The zero-order valence-electron chi connectivity index (χ0n) is 37.2. The van der Waals surface area contributed by atoms with Crippen molar-refractivity contribution in [1.29, 1.82) is 0 Å². The number of rotatable bonds is 8. The van der Waals surface area contributed by atoms with Crippen molar-refractivity contribution in [3.8, 4) is 78.1 Å². The van der Waals surface area contributed by atoms with Crippen LogP contribution in [0.25, 0.3) is 117 Å². The van der Waals surface area contributed by atoms with Gasteiger partial charge in [-0.3, -0.25) is 9.36 Å². The second-order valence-corrected chi connectivity index (χ2v) is 17.0. The van der Waals surface area contributed by atoms with Gasteiger partial charge in [-0.25, -0.2) is 4.98 Å². The minimum atomic E-state index is 0. The Kier molecular flexibility index (Phi) is 10.5. The fraction of sp³-hybridized carbons (Fsp3) is 0.0164.